The van der Waals surface area contributed by atoms with Gasteiger partial charge in [-0.2, -0.15) is 4.99 Å². The summed E-state index contributed by atoms with van der Waals surface area (Å²) in [4.78, 5) is 22.2. The molecule has 0 aliphatic carbocycles. The molecule has 2 aromatic carbocycles. The van der Waals surface area contributed by atoms with E-state index in [0.29, 0.717) is 16.4 Å². The second kappa shape index (κ2) is 6.63. The maximum absolute atomic E-state index is 12.7. The summed E-state index contributed by atoms with van der Waals surface area (Å²) in [6, 6.07) is 12.0. The first kappa shape index (κ1) is 16.9. The SMILES string of the molecule is C=CCn1c(=NC(=O)c2nc3ccccc3s2)sc2c(C)cc(C)cc21. The number of nitrogens with zero attached hydrogens (tertiary/aromatic N) is 3. The van der Waals surface area contributed by atoms with Crippen LogP contribution in [0.15, 0.2) is 54.0 Å². The molecule has 0 saturated carbocycles. The van der Waals surface area contributed by atoms with E-state index in [1.807, 2.05) is 34.9 Å². The molecule has 0 aliphatic heterocycles. The van der Waals surface area contributed by atoms with Gasteiger partial charge in [0.2, 0.25) is 0 Å². The molecule has 0 N–H and O–H groups in total. The molecule has 0 saturated heterocycles. The molecule has 6 heteroatoms. The Kier molecular flexibility index (Phi) is 4.30. The summed E-state index contributed by atoms with van der Waals surface area (Å²) < 4.78 is 4.18. The molecule has 4 nitrogen and oxygen atoms in total. The Balaban J connectivity index is 1.89. The maximum Gasteiger partial charge on any atom is 0.308 e. The fourth-order valence-corrected chi connectivity index (χ4v) is 4.94. The smallest absolute Gasteiger partial charge is 0.308 e. The van der Waals surface area contributed by atoms with Gasteiger partial charge in [-0.25, -0.2) is 4.98 Å². The van der Waals surface area contributed by atoms with E-state index < -0.39 is 0 Å². The van der Waals surface area contributed by atoms with Crippen LogP contribution in [0.1, 0.15) is 20.9 Å². The summed E-state index contributed by atoms with van der Waals surface area (Å²) in [5.74, 6) is -0.301. The molecule has 0 spiro atoms. The zero-order valence-electron chi connectivity index (χ0n) is 14.5. The average Bonchev–Trinajstić information content (AvgIpc) is 3.18. The van der Waals surface area contributed by atoms with Crippen molar-refractivity contribution in [3.05, 3.63) is 70.0 Å². The lowest BCUT2D eigenvalue weighted by atomic mass is 10.1. The van der Waals surface area contributed by atoms with Crippen molar-refractivity contribution in [2.24, 2.45) is 4.99 Å². The molecule has 4 rings (SSSR count). The highest BCUT2D eigenvalue weighted by Gasteiger charge is 2.14. The Morgan fingerprint density at radius 2 is 2.08 bits per heavy atom. The Bertz CT molecular complexity index is 1190. The van der Waals surface area contributed by atoms with Crippen LogP contribution in [0.4, 0.5) is 0 Å². The quantitative estimate of drug-likeness (QED) is 0.477. The number of aromatic nitrogens is 2. The van der Waals surface area contributed by atoms with Crippen molar-refractivity contribution in [2.45, 2.75) is 20.4 Å². The lowest BCUT2D eigenvalue weighted by molar-refractivity contribution is 0.0997. The van der Waals surface area contributed by atoms with Gasteiger partial charge in [0.15, 0.2) is 9.81 Å². The first-order valence-electron chi connectivity index (χ1n) is 8.23. The number of hydrogen-bond acceptors (Lipinski definition) is 4. The van der Waals surface area contributed by atoms with Crippen molar-refractivity contribution in [1.29, 1.82) is 0 Å². The lowest BCUT2D eigenvalue weighted by Gasteiger charge is -2.03. The van der Waals surface area contributed by atoms with Crippen molar-refractivity contribution in [1.82, 2.24) is 9.55 Å². The molecule has 1 amide bonds. The number of rotatable bonds is 3. The average molecular weight is 380 g/mol. The summed E-state index contributed by atoms with van der Waals surface area (Å²) in [5, 5.41) is 0.418. The van der Waals surface area contributed by atoms with Crippen LogP contribution in [0.5, 0.6) is 0 Å². The highest BCUT2D eigenvalue weighted by molar-refractivity contribution is 7.20. The largest absolute Gasteiger partial charge is 0.312 e. The molecular formula is C20H17N3OS2. The molecule has 0 unspecified atom stereocenters. The highest BCUT2D eigenvalue weighted by atomic mass is 32.1. The highest BCUT2D eigenvalue weighted by Crippen LogP contribution is 2.24. The molecule has 0 atom stereocenters. The monoisotopic (exact) mass is 379 g/mol. The van der Waals surface area contributed by atoms with Crippen LogP contribution < -0.4 is 4.80 Å². The van der Waals surface area contributed by atoms with E-state index >= 15 is 0 Å². The van der Waals surface area contributed by atoms with E-state index in [2.05, 4.69) is 42.5 Å². The van der Waals surface area contributed by atoms with E-state index in [0.717, 1.165) is 20.4 Å². The van der Waals surface area contributed by atoms with Crippen molar-refractivity contribution >= 4 is 49.0 Å². The maximum atomic E-state index is 12.7. The van der Waals surface area contributed by atoms with Gasteiger partial charge in [0.05, 0.1) is 20.4 Å². The summed E-state index contributed by atoms with van der Waals surface area (Å²) in [7, 11) is 0. The number of allylic oxidation sites excluding steroid dienone is 1. The van der Waals surface area contributed by atoms with Gasteiger partial charge < -0.3 is 4.57 Å². The molecule has 0 fully saturated rings. The van der Waals surface area contributed by atoms with Crippen LogP contribution in [-0.4, -0.2) is 15.5 Å². The van der Waals surface area contributed by atoms with E-state index in [4.69, 9.17) is 0 Å². The molecule has 0 radical (unpaired) electrons. The second-order valence-corrected chi connectivity index (χ2v) is 8.13. The molecule has 2 aromatic heterocycles. The Hall–Kier alpha value is -2.57. The zero-order valence-corrected chi connectivity index (χ0v) is 16.2. The van der Waals surface area contributed by atoms with Crippen LogP contribution >= 0.6 is 22.7 Å². The number of fused-ring (bicyclic) bond motifs is 2. The van der Waals surface area contributed by atoms with Crippen LogP contribution in [0.25, 0.3) is 20.4 Å². The second-order valence-electron chi connectivity index (χ2n) is 6.12. The van der Waals surface area contributed by atoms with Gasteiger partial charge in [-0.1, -0.05) is 35.6 Å². The Morgan fingerprint density at radius 1 is 1.27 bits per heavy atom. The minimum Gasteiger partial charge on any atom is -0.312 e. The van der Waals surface area contributed by atoms with Crippen molar-refractivity contribution in [3.63, 3.8) is 0 Å². The van der Waals surface area contributed by atoms with E-state index in [9.17, 15) is 4.79 Å². The van der Waals surface area contributed by atoms with Gasteiger partial charge in [0, 0.05) is 6.54 Å². The molecular weight excluding hydrogens is 362 g/mol. The number of aryl methyl sites for hydroxylation is 2. The number of benzene rings is 2. The number of amides is 1. The zero-order chi connectivity index (χ0) is 18.3. The Labute approximate surface area is 158 Å². The molecule has 2 heterocycles. The third-order valence-corrected chi connectivity index (χ3v) is 6.35. The van der Waals surface area contributed by atoms with E-state index in [1.165, 1.54) is 33.8 Å². The standard InChI is InChI=1S/C20H17N3OS2/c1-4-9-23-15-11-12(2)10-13(3)17(15)26-20(23)22-18(24)19-21-14-7-5-6-8-16(14)25-19/h4-8,10-11H,1,9H2,2-3H3. The van der Waals surface area contributed by atoms with Crippen molar-refractivity contribution in [2.75, 3.05) is 0 Å². The van der Waals surface area contributed by atoms with Gasteiger partial charge in [0.25, 0.3) is 0 Å². The summed E-state index contributed by atoms with van der Waals surface area (Å²) >= 11 is 2.91. The van der Waals surface area contributed by atoms with Crippen molar-refractivity contribution in [3.8, 4) is 0 Å². The molecule has 0 aliphatic rings. The first-order chi connectivity index (χ1) is 12.6. The number of hydrogen-bond donors (Lipinski definition) is 0. The number of thiazole rings is 2. The predicted molar refractivity (Wildman–Crippen MR) is 109 cm³/mol. The summed E-state index contributed by atoms with van der Waals surface area (Å²) in [6.45, 7) is 8.61. The minimum absolute atomic E-state index is 0.301. The molecule has 4 aromatic rings. The third kappa shape index (κ3) is 2.91. The summed E-state index contributed by atoms with van der Waals surface area (Å²) in [6.07, 6.45) is 1.82. The van der Waals surface area contributed by atoms with E-state index in [1.54, 1.807) is 0 Å². The summed E-state index contributed by atoms with van der Waals surface area (Å²) in [5.41, 5.74) is 4.30. The predicted octanol–water partition coefficient (Wildman–Crippen LogP) is 4.86. The van der Waals surface area contributed by atoms with Gasteiger partial charge in [-0.05, 0) is 43.2 Å². The van der Waals surface area contributed by atoms with Gasteiger partial charge in [-0.3, -0.25) is 4.79 Å². The van der Waals surface area contributed by atoms with Gasteiger partial charge in [-0.15, -0.1) is 17.9 Å². The lowest BCUT2D eigenvalue weighted by Crippen LogP contribution is -2.16. The topological polar surface area (TPSA) is 47.2 Å². The van der Waals surface area contributed by atoms with Crippen LogP contribution in [0, 0.1) is 13.8 Å². The normalized spacial score (nSPS) is 12.2. The van der Waals surface area contributed by atoms with Crippen LogP contribution in [0.3, 0.4) is 0 Å². The van der Waals surface area contributed by atoms with Crippen LogP contribution in [0.2, 0.25) is 0 Å². The van der Waals surface area contributed by atoms with E-state index in [-0.39, 0.29) is 5.91 Å². The van der Waals surface area contributed by atoms with Crippen molar-refractivity contribution < 1.29 is 4.79 Å². The van der Waals surface area contributed by atoms with Crippen LogP contribution in [-0.2, 0) is 6.54 Å². The molecule has 130 valence electrons. The minimum atomic E-state index is -0.301. The number of carbonyl (C=O) groups is 1. The van der Waals surface area contributed by atoms with Gasteiger partial charge in [0.1, 0.15) is 0 Å². The first-order valence-corrected chi connectivity index (χ1v) is 9.86. The Morgan fingerprint density at radius 3 is 2.85 bits per heavy atom. The molecule has 26 heavy (non-hydrogen) atoms. The molecule has 0 bridgehead atoms. The number of carbonyl (C=O) groups excluding carboxylic acids is 1. The third-order valence-electron chi connectivity index (χ3n) is 4.10. The number of para-hydroxylation sites is 1. The fraction of sp³-hybridized carbons (Fsp3) is 0.150. The fourth-order valence-electron chi connectivity index (χ4n) is 3.00. The van der Waals surface area contributed by atoms with Gasteiger partial charge >= 0.3 is 5.91 Å².